The maximum absolute atomic E-state index is 5.75. The van der Waals surface area contributed by atoms with Crippen molar-refractivity contribution >= 4 is 0 Å². The molecular weight excluding hydrogens is 238 g/mol. The highest BCUT2D eigenvalue weighted by Gasteiger charge is 2.12. The van der Waals surface area contributed by atoms with Gasteiger partial charge in [0.1, 0.15) is 0 Å². The van der Waals surface area contributed by atoms with Gasteiger partial charge < -0.3 is 10.1 Å². The SMILES string of the molecule is CCC(C)n1ccc(COCCC2CCCNC2)n1. The molecule has 2 atom stereocenters. The lowest BCUT2D eigenvalue weighted by Gasteiger charge is -2.22. The third-order valence-corrected chi connectivity index (χ3v) is 4.03. The molecule has 108 valence electrons. The largest absolute Gasteiger partial charge is 0.375 e. The van der Waals surface area contributed by atoms with Crippen LogP contribution in [0.2, 0.25) is 0 Å². The maximum atomic E-state index is 5.75. The van der Waals surface area contributed by atoms with E-state index in [1.807, 2.05) is 4.68 Å². The molecule has 0 aromatic carbocycles. The van der Waals surface area contributed by atoms with Crippen LogP contribution in [-0.4, -0.2) is 29.5 Å². The molecule has 0 saturated carbocycles. The highest BCUT2D eigenvalue weighted by molar-refractivity contribution is 4.97. The Kier molecular flexibility index (Phi) is 5.86. The predicted octanol–water partition coefficient (Wildman–Crippen LogP) is 2.76. The van der Waals surface area contributed by atoms with Crippen LogP contribution in [0.4, 0.5) is 0 Å². The summed E-state index contributed by atoms with van der Waals surface area (Å²) in [5.41, 5.74) is 1.04. The molecule has 2 heterocycles. The zero-order chi connectivity index (χ0) is 13.5. The molecule has 0 spiro atoms. The fourth-order valence-corrected chi connectivity index (χ4v) is 2.48. The lowest BCUT2D eigenvalue weighted by Crippen LogP contribution is -2.30. The monoisotopic (exact) mass is 265 g/mol. The first-order valence-electron chi connectivity index (χ1n) is 7.62. The average molecular weight is 265 g/mol. The molecule has 4 heteroatoms. The van der Waals surface area contributed by atoms with Gasteiger partial charge >= 0.3 is 0 Å². The molecule has 4 nitrogen and oxygen atoms in total. The Morgan fingerprint density at radius 3 is 3.21 bits per heavy atom. The van der Waals surface area contributed by atoms with E-state index in [2.05, 4.69) is 36.5 Å². The van der Waals surface area contributed by atoms with Crippen molar-refractivity contribution in [2.45, 2.75) is 52.2 Å². The lowest BCUT2D eigenvalue weighted by atomic mass is 9.97. The predicted molar refractivity (Wildman–Crippen MR) is 77.1 cm³/mol. The molecular formula is C15H27N3O. The summed E-state index contributed by atoms with van der Waals surface area (Å²) in [6.45, 7) is 8.21. The topological polar surface area (TPSA) is 39.1 Å². The van der Waals surface area contributed by atoms with Crippen molar-refractivity contribution in [1.29, 1.82) is 0 Å². The van der Waals surface area contributed by atoms with E-state index in [1.54, 1.807) is 0 Å². The molecule has 0 radical (unpaired) electrons. The Morgan fingerprint density at radius 1 is 1.58 bits per heavy atom. The zero-order valence-electron chi connectivity index (χ0n) is 12.3. The minimum Gasteiger partial charge on any atom is -0.375 e. The van der Waals surface area contributed by atoms with E-state index < -0.39 is 0 Å². The van der Waals surface area contributed by atoms with Crippen molar-refractivity contribution in [2.24, 2.45) is 5.92 Å². The Morgan fingerprint density at radius 2 is 2.47 bits per heavy atom. The van der Waals surface area contributed by atoms with E-state index in [-0.39, 0.29) is 0 Å². The number of piperidine rings is 1. The molecule has 0 bridgehead atoms. The van der Waals surface area contributed by atoms with E-state index in [9.17, 15) is 0 Å². The van der Waals surface area contributed by atoms with Crippen molar-refractivity contribution in [3.63, 3.8) is 0 Å². The van der Waals surface area contributed by atoms with Crippen LogP contribution in [0.3, 0.4) is 0 Å². The Hall–Kier alpha value is -0.870. The minimum atomic E-state index is 0.474. The molecule has 0 amide bonds. The fourth-order valence-electron chi connectivity index (χ4n) is 2.48. The van der Waals surface area contributed by atoms with Crippen molar-refractivity contribution in [3.8, 4) is 0 Å². The van der Waals surface area contributed by atoms with Crippen molar-refractivity contribution in [2.75, 3.05) is 19.7 Å². The van der Waals surface area contributed by atoms with Gasteiger partial charge in [-0.1, -0.05) is 6.92 Å². The first kappa shape index (κ1) is 14.5. The average Bonchev–Trinajstić information content (AvgIpc) is 2.93. The summed E-state index contributed by atoms with van der Waals surface area (Å²) < 4.78 is 7.78. The maximum Gasteiger partial charge on any atom is 0.0906 e. The second-order valence-corrected chi connectivity index (χ2v) is 5.60. The van der Waals surface area contributed by atoms with Gasteiger partial charge in [0.15, 0.2) is 0 Å². The summed E-state index contributed by atoms with van der Waals surface area (Å²) in [6.07, 6.45) is 6.98. The summed E-state index contributed by atoms with van der Waals surface area (Å²) in [4.78, 5) is 0. The molecule has 19 heavy (non-hydrogen) atoms. The van der Waals surface area contributed by atoms with Crippen LogP contribution >= 0.6 is 0 Å². The number of hydrogen-bond acceptors (Lipinski definition) is 3. The van der Waals surface area contributed by atoms with Gasteiger partial charge in [0, 0.05) is 18.8 Å². The van der Waals surface area contributed by atoms with E-state index in [4.69, 9.17) is 4.74 Å². The van der Waals surface area contributed by atoms with Crippen LogP contribution < -0.4 is 5.32 Å². The molecule has 1 aliphatic rings. The molecule has 1 aromatic rings. The normalized spacial score (nSPS) is 21.5. The molecule has 1 N–H and O–H groups in total. The number of rotatable bonds is 7. The molecule has 2 rings (SSSR count). The van der Waals surface area contributed by atoms with Crippen molar-refractivity contribution < 1.29 is 4.74 Å². The van der Waals surface area contributed by atoms with E-state index in [0.29, 0.717) is 12.6 Å². The summed E-state index contributed by atoms with van der Waals surface area (Å²) in [6, 6.07) is 2.54. The Labute approximate surface area is 116 Å². The number of nitrogens with zero attached hydrogens (tertiary/aromatic N) is 2. The van der Waals surface area contributed by atoms with Crippen LogP contribution in [0.5, 0.6) is 0 Å². The quantitative estimate of drug-likeness (QED) is 0.771. The van der Waals surface area contributed by atoms with E-state index in [1.165, 1.54) is 25.8 Å². The molecule has 0 aliphatic carbocycles. The smallest absolute Gasteiger partial charge is 0.0906 e. The standard InChI is InChI=1S/C15H27N3O/c1-3-13(2)18-9-6-15(17-18)12-19-10-7-14-5-4-8-16-11-14/h6,9,13-14,16H,3-5,7-8,10-12H2,1-2H3. The van der Waals surface area contributed by atoms with Gasteiger partial charge in [0.05, 0.1) is 12.3 Å². The second kappa shape index (κ2) is 7.65. The molecule has 1 saturated heterocycles. The minimum absolute atomic E-state index is 0.474. The number of ether oxygens (including phenoxy) is 1. The van der Waals surface area contributed by atoms with E-state index in [0.717, 1.165) is 31.2 Å². The Bertz CT molecular complexity index is 358. The highest BCUT2D eigenvalue weighted by atomic mass is 16.5. The number of nitrogens with one attached hydrogen (secondary N) is 1. The third kappa shape index (κ3) is 4.62. The zero-order valence-corrected chi connectivity index (χ0v) is 12.3. The third-order valence-electron chi connectivity index (χ3n) is 4.03. The number of hydrogen-bond donors (Lipinski definition) is 1. The van der Waals surface area contributed by atoms with Crippen LogP contribution in [0, 0.1) is 5.92 Å². The van der Waals surface area contributed by atoms with Crippen LogP contribution in [0.1, 0.15) is 51.3 Å². The molecule has 1 aliphatic heterocycles. The molecule has 2 unspecified atom stereocenters. The molecule has 1 fully saturated rings. The van der Waals surface area contributed by atoms with Crippen LogP contribution in [-0.2, 0) is 11.3 Å². The lowest BCUT2D eigenvalue weighted by molar-refractivity contribution is 0.101. The first-order chi connectivity index (χ1) is 9.29. The van der Waals surface area contributed by atoms with Gasteiger partial charge in [-0.3, -0.25) is 4.68 Å². The summed E-state index contributed by atoms with van der Waals surface area (Å²) >= 11 is 0. The van der Waals surface area contributed by atoms with Crippen LogP contribution in [0.25, 0.3) is 0 Å². The molecule has 1 aromatic heterocycles. The van der Waals surface area contributed by atoms with Gasteiger partial charge in [-0.2, -0.15) is 5.10 Å². The highest BCUT2D eigenvalue weighted by Crippen LogP contribution is 2.14. The van der Waals surface area contributed by atoms with Gasteiger partial charge in [0.25, 0.3) is 0 Å². The van der Waals surface area contributed by atoms with Gasteiger partial charge in [-0.05, 0) is 57.7 Å². The van der Waals surface area contributed by atoms with Gasteiger partial charge in [-0.25, -0.2) is 0 Å². The number of aromatic nitrogens is 2. The van der Waals surface area contributed by atoms with Crippen LogP contribution in [0.15, 0.2) is 12.3 Å². The van der Waals surface area contributed by atoms with E-state index >= 15 is 0 Å². The summed E-state index contributed by atoms with van der Waals surface area (Å²) in [5, 5.41) is 7.99. The van der Waals surface area contributed by atoms with Gasteiger partial charge in [0.2, 0.25) is 0 Å². The summed E-state index contributed by atoms with van der Waals surface area (Å²) in [7, 11) is 0. The van der Waals surface area contributed by atoms with Gasteiger partial charge in [-0.15, -0.1) is 0 Å². The second-order valence-electron chi connectivity index (χ2n) is 5.60. The van der Waals surface area contributed by atoms with Crippen molar-refractivity contribution in [3.05, 3.63) is 18.0 Å². The Balaban J connectivity index is 1.63. The fraction of sp³-hybridized carbons (Fsp3) is 0.800. The van der Waals surface area contributed by atoms with Crippen molar-refractivity contribution in [1.82, 2.24) is 15.1 Å². The first-order valence-corrected chi connectivity index (χ1v) is 7.62. The summed E-state index contributed by atoms with van der Waals surface area (Å²) in [5.74, 6) is 0.798.